The first-order valence-corrected chi connectivity index (χ1v) is 9.06. The largest absolute Gasteiger partial charge is 0.283 e. The first kappa shape index (κ1) is 16.2. The molecule has 0 bridgehead atoms. The Morgan fingerprint density at radius 2 is 1.52 bits per heavy atom. The number of unbranched alkanes of at least 4 members (excludes halogenated alkanes) is 1. The zero-order valence-corrected chi connectivity index (χ0v) is 13.9. The summed E-state index contributed by atoms with van der Waals surface area (Å²) in [6.45, 7) is 0.598. The Hall–Kier alpha value is -1.64. The fourth-order valence-corrected chi connectivity index (χ4v) is 4.18. The molecule has 3 nitrogen and oxygen atoms in total. The summed E-state index contributed by atoms with van der Waals surface area (Å²) in [6, 6.07) is 10.4. The van der Waals surface area contributed by atoms with Crippen LogP contribution in [0.25, 0.3) is 0 Å². The van der Waals surface area contributed by atoms with E-state index < -0.39 is 0 Å². The van der Waals surface area contributed by atoms with E-state index >= 15 is 0 Å². The SMILES string of the molecule is O=C1CC2(CCCCC2)CC(=O)N1CCCCc1ccccc1. The number of benzene rings is 1. The molecule has 0 aromatic heterocycles. The first-order chi connectivity index (χ1) is 11.2. The van der Waals surface area contributed by atoms with E-state index in [2.05, 4.69) is 24.3 Å². The van der Waals surface area contributed by atoms with Crippen LogP contribution in [0.15, 0.2) is 30.3 Å². The van der Waals surface area contributed by atoms with Crippen molar-refractivity contribution in [2.75, 3.05) is 6.54 Å². The number of hydrogen-bond donors (Lipinski definition) is 0. The van der Waals surface area contributed by atoms with E-state index in [9.17, 15) is 9.59 Å². The van der Waals surface area contributed by atoms with E-state index in [1.165, 1.54) is 29.7 Å². The van der Waals surface area contributed by atoms with Gasteiger partial charge in [0.25, 0.3) is 0 Å². The maximum absolute atomic E-state index is 12.4. The highest BCUT2D eigenvalue weighted by molar-refractivity contribution is 5.98. The minimum Gasteiger partial charge on any atom is -0.283 e. The number of likely N-dealkylation sites (tertiary alicyclic amines) is 1. The van der Waals surface area contributed by atoms with Gasteiger partial charge in [-0.1, -0.05) is 49.6 Å². The second kappa shape index (κ2) is 7.29. The quantitative estimate of drug-likeness (QED) is 0.606. The Morgan fingerprint density at radius 1 is 0.870 bits per heavy atom. The van der Waals surface area contributed by atoms with Gasteiger partial charge in [-0.05, 0) is 43.1 Å². The molecule has 0 N–H and O–H groups in total. The number of carbonyl (C=O) groups excluding carboxylic acids is 2. The summed E-state index contributed by atoms with van der Waals surface area (Å²) >= 11 is 0. The topological polar surface area (TPSA) is 37.4 Å². The summed E-state index contributed by atoms with van der Waals surface area (Å²) in [7, 11) is 0. The number of piperidine rings is 1. The molecule has 124 valence electrons. The third-order valence-corrected chi connectivity index (χ3v) is 5.51. The molecule has 1 aliphatic heterocycles. The number of aryl methyl sites for hydroxylation is 1. The number of carbonyl (C=O) groups is 2. The zero-order valence-electron chi connectivity index (χ0n) is 13.9. The van der Waals surface area contributed by atoms with E-state index in [1.54, 1.807) is 0 Å². The Bertz CT molecular complexity index is 526. The van der Waals surface area contributed by atoms with Crippen molar-refractivity contribution in [3.63, 3.8) is 0 Å². The van der Waals surface area contributed by atoms with Crippen molar-refractivity contribution >= 4 is 11.8 Å². The van der Waals surface area contributed by atoms with Gasteiger partial charge in [0.05, 0.1) is 0 Å². The number of nitrogens with zero attached hydrogens (tertiary/aromatic N) is 1. The molecule has 1 aliphatic carbocycles. The third kappa shape index (κ3) is 4.01. The molecule has 0 unspecified atom stereocenters. The summed E-state index contributed by atoms with van der Waals surface area (Å²) in [4.78, 5) is 26.4. The standard InChI is InChI=1S/C20H27NO2/c22-18-15-20(12-6-2-7-13-20)16-19(23)21(18)14-8-5-11-17-9-3-1-4-10-17/h1,3-4,9-10H,2,5-8,11-16H2. The van der Waals surface area contributed by atoms with E-state index in [0.717, 1.165) is 32.1 Å². The van der Waals surface area contributed by atoms with E-state index in [0.29, 0.717) is 19.4 Å². The minimum absolute atomic E-state index is 0.00690. The lowest BCUT2D eigenvalue weighted by Gasteiger charge is -2.42. The molecular formula is C20H27NO2. The van der Waals surface area contributed by atoms with E-state index in [1.807, 2.05) is 6.07 Å². The van der Waals surface area contributed by atoms with E-state index in [4.69, 9.17) is 0 Å². The Kier molecular flexibility index (Phi) is 5.14. The maximum Gasteiger partial charge on any atom is 0.229 e. The minimum atomic E-state index is 0.00690. The molecule has 23 heavy (non-hydrogen) atoms. The van der Waals surface area contributed by atoms with Gasteiger partial charge in [0, 0.05) is 19.4 Å². The normalized spacial score (nSPS) is 21.0. The van der Waals surface area contributed by atoms with Crippen LogP contribution in [-0.4, -0.2) is 23.3 Å². The van der Waals surface area contributed by atoms with Gasteiger partial charge in [-0.3, -0.25) is 14.5 Å². The lowest BCUT2D eigenvalue weighted by atomic mass is 9.67. The monoisotopic (exact) mass is 313 g/mol. The van der Waals surface area contributed by atoms with Crippen LogP contribution in [0.5, 0.6) is 0 Å². The predicted molar refractivity (Wildman–Crippen MR) is 90.9 cm³/mol. The van der Waals surface area contributed by atoms with Crippen molar-refractivity contribution in [3.05, 3.63) is 35.9 Å². The molecule has 1 aromatic rings. The number of rotatable bonds is 5. The van der Waals surface area contributed by atoms with Crippen LogP contribution in [0, 0.1) is 5.41 Å². The summed E-state index contributed by atoms with van der Waals surface area (Å²) in [5, 5.41) is 0. The highest BCUT2D eigenvalue weighted by Gasteiger charge is 2.43. The molecule has 3 heteroatoms. The fraction of sp³-hybridized carbons (Fsp3) is 0.600. The lowest BCUT2D eigenvalue weighted by Crippen LogP contribution is -2.48. The molecule has 2 fully saturated rings. The van der Waals surface area contributed by atoms with Gasteiger partial charge >= 0.3 is 0 Å². The molecule has 1 saturated carbocycles. The average molecular weight is 313 g/mol. The molecule has 1 aromatic carbocycles. The Labute approximate surface area is 139 Å². The first-order valence-electron chi connectivity index (χ1n) is 9.06. The summed E-state index contributed by atoms with van der Waals surface area (Å²) in [5.41, 5.74) is 1.33. The van der Waals surface area contributed by atoms with Gasteiger partial charge in [0.2, 0.25) is 11.8 Å². The van der Waals surface area contributed by atoms with Crippen molar-refractivity contribution in [3.8, 4) is 0 Å². The van der Waals surface area contributed by atoms with Crippen molar-refractivity contribution < 1.29 is 9.59 Å². The van der Waals surface area contributed by atoms with Crippen molar-refractivity contribution in [2.45, 2.75) is 64.2 Å². The van der Waals surface area contributed by atoms with Crippen LogP contribution in [0.1, 0.15) is 63.4 Å². The molecule has 0 radical (unpaired) electrons. The summed E-state index contributed by atoms with van der Waals surface area (Å²) in [6.07, 6.45) is 9.86. The Morgan fingerprint density at radius 3 is 2.17 bits per heavy atom. The number of amides is 2. The van der Waals surface area contributed by atoms with Gasteiger partial charge in [0.1, 0.15) is 0 Å². The van der Waals surface area contributed by atoms with Crippen molar-refractivity contribution in [2.24, 2.45) is 5.41 Å². The molecule has 1 heterocycles. The molecule has 1 spiro atoms. The number of hydrogen-bond acceptors (Lipinski definition) is 2. The smallest absolute Gasteiger partial charge is 0.229 e. The van der Waals surface area contributed by atoms with Gasteiger partial charge in [-0.15, -0.1) is 0 Å². The molecule has 1 saturated heterocycles. The van der Waals surface area contributed by atoms with Crippen LogP contribution >= 0.6 is 0 Å². The lowest BCUT2D eigenvalue weighted by molar-refractivity contribution is -0.154. The van der Waals surface area contributed by atoms with Gasteiger partial charge < -0.3 is 0 Å². The molecule has 2 aliphatic rings. The highest BCUT2D eigenvalue weighted by Crippen LogP contribution is 2.45. The molecule has 2 amide bonds. The zero-order chi connectivity index (χ0) is 16.1. The van der Waals surface area contributed by atoms with Crippen LogP contribution in [0.3, 0.4) is 0 Å². The van der Waals surface area contributed by atoms with Gasteiger partial charge in [0.15, 0.2) is 0 Å². The summed E-state index contributed by atoms with van der Waals surface area (Å²) < 4.78 is 0. The second-order valence-electron chi connectivity index (χ2n) is 7.30. The molecule has 3 rings (SSSR count). The van der Waals surface area contributed by atoms with Crippen LogP contribution in [0.4, 0.5) is 0 Å². The average Bonchev–Trinajstić information content (AvgIpc) is 2.55. The van der Waals surface area contributed by atoms with E-state index in [-0.39, 0.29) is 17.2 Å². The molecule has 0 atom stereocenters. The summed E-state index contributed by atoms with van der Waals surface area (Å²) in [5.74, 6) is 0.144. The number of imide groups is 1. The van der Waals surface area contributed by atoms with Crippen molar-refractivity contribution in [1.82, 2.24) is 4.90 Å². The maximum atomic E-state index is 12.4. The van der Waals surface area contributed by atoms with Crippen LogP contribution < -0.4 is 0 Å². The fourth-order valence-electron chi connectivity index (χ4n) is 4.18. The van der Waals surface area contributed by atoms with Gasteiger partial charge in [-0.25, -0.2) is 0 Å². The second-order valence-corrected chi connectivity index (χ2v) is 7.30. The highest BCUT2D eigenvalue weighted by atomic mass is 16.2. The van der Waals surface area contributed by atoms with Crippen LogP contribution in [-0.2, 0) is 16.0 Å². The Balaban J connectivity index is 1.47. The predicted octanol–water partition coefficient (Wildman–Crippen LogP) is 4.11. The van der Waals surface area contributed by atoms with Gasteiger partial charge in [-0.2, -0.15) is 0 Å². The van der Waals surface area contributed by atoms with Crippen LogP contribution in [0.2, 0.25) is 0 Å². The van der Waals surface area contributed by atoms with Crippen molar-refractivity contribution in [1.29, 1.82) is 0 Å². The molecular weight excluding hydrogens is 286 g/mol. The third-order valence-electron chi connectivity index (χ3n) is 5.51.